The first kappa shape index (κ1) is 15.3. The van der Waals surface area contributed by atoms with Crippen molar-refractivity contribution in [2.75, 3.05) is 0 Å². The zero-order chi connectivity index (χ0) is 13.6. The highest BCUT2D eigenvalue weighted by Crippen LogP contribution is 2.10. The first-order valence-corrected chi connectivity index (χ1v) is 6.30. The number of hydrogen-bond acceptors (Lipinski definition) is 3. The van der Waals surface area contributed by atoms with Crippen LogP contribution < -0.4 is 0 Å². The maximum absolute atomic E-state index is 5.24. The van der Waals surface area contributed by atoms with E-state index in [0.29, 0.717) is 0 Å². The molecule has 3 heterocycles. The average Bonchev–Trinajstić information content (AvgIpc) is 3.17. The largest absolute Gasteiger partial charge is 0.465 e. The molecule has 0 amide bonds. The number of halogens is 1. The molecule has 0 atom stereocenters. The van der Waals surface area contributed by atoms with Crippen LogP contribution in [-0.4, -0.2) is 4.98 Å². The fourth-order valence-electron chi connectivity index (χ4n) is 1.76. The van der Waals surface area contributed by atoms with Gasteiger partial charge in [-0.3, -0.25) is 0 Å². The molecule has 0 spiro atoms. The van der Waals surface area contributed by atoms with Gasteiger partial charge in [0.25, 0.3) is 0 Å². The number of hydrogen-bond donors (Lipinski definition) is 0. The minimum Gasteiger partial charge on any atom is -0.465 e. The lowest BCUT2D eigenvalue weighted by Gasteiger charge is -1.95. The Bertz CT molecular complexity index is 654. The van der Waals surface area contributed by atoms with Crippen LogP contribution in [0.4, 0.5) is 0 Å². The molecule has 0 saturated carbocycles. The lowest BCUT2D eigenvalue weighted by atomic mass is 10.2. The first-order valence-electron chi connectivity index (χ1n) is 6.30. The van der Waals surface area contributed by atoms with Gasteiger partial charge in [-0.2, -0.15) is 0 Å². The second kappa shape index (κ2) is 7.64. The zero-order valence-electron chi connectivity index (χ0n) is 11.2. The van der Waals surface area contributed by atoms with Crippen LogP contribution in [0, 0.1) is 0 Å². The Morgan fingerprint density at radius 3 is 1.62 bits per heavy atom. The van der Waals surface area contributed by atoms with Crippen molar-refractivity contribution in [3.63, 3.8) is 0 Å². The molecule has 3 rings (SSSR count). The highest BCUT2D eigenvalue weighted by atomic mass is 127. The molecule has 0 aromatic carbocycles. The van der Waals surface area contributed by atoms with Crippen LogP contribution in [0.2, 0.25) is 0 Å². The molecule has 106 valence electrons. The molecule has 0 fully saturated rings. The van der Waals surface area contributed by atoms with E-state index in [2.05, 4.69) is 4.98 Å². The van der Waals surface area contributed by atoms with Gasteiger partial charge in [-0.25, -0.2) is 4.98 Å². The van der Waals surface area contributed by atoms with E-state index in [1.807, 2.05) is 66.8 Å². The van der Waals surface area contributed by atoms with Crippen molar-refractivity contribution in [3.05, 3.63) is 77.9 Å². The van der Waals surface area contributed by atoms with E-state index in [1.165, 1.54) is 0 Å². The molecule has 0 saturated heterocycles. The Morgan fingerprint density at radius 1 is 0.667 bits per heavy atom. The van der Waals surface area contributed by atoms with E-state index in [0.717, 1.165) is 22.9 Å². The quantitative estimate of drug-likeness (QED) is 0.572. The van der Waals surface area contributed by atoms with Crippen molar-refractivity contribution in [1.29, 1.82) is 0 Å². The highest BCUT2D eigenvalue weighted by Gasteiger charge is 1.94. The SMILES string of the molecule is C(=C\c1ccco1)/c1cccc(/C=C/c2ccco2)n1.I. The van der Waals surface area contributed by atoms with Crippen LogP contribution in [-0.2, 0) is 0 Å². The minimum absolute atomic E-state index is 0. The van der Waals surface area contributed by atoms with Gasteiger partial charge in [-0.1, -0.05) is 6.07 Å². The molecule has 3 nitrogen and oxygen atoms in total. The summed E-state index contributed by atoms with van der Waals surface area (Å²) in [7, 11) is 0. The molecule has 4 heteroatoms. The Morgan fingerprint density at radius 2 is 1.19 bits per heavy atom. The molecular weight excluding hydrogens is 377 g/mol. The topological polar surface area (TPSA) is 39.2 Å². The number of aromatic nitrogens is 1. The third-order valence-electron chi connectivity index (χ3n) is 2.72. The summed E-state index contributed by atoms with van der Waals surface area (Å²) in [5.74, 6) is 1.62. The molecule has 3 aromatic rings. The van der Waals surface area contributed by atoms with Crippen LogP contribution in [0.5, 0.6) is 0 Å². The number of rotatable bonds is 4. The van der Waals surface area contributed by atoms with E-state index in [-0.39, 0.29) is 24.0 Å². The number of pyridine rings is 1. The number of furan rings is 2. The normalized spacial score (nSPS) is 11.0. The second-order valence-corrected chi connectivity index (χ2v) is 4.18. The van der Waals surface area contributed by atoms with Gasteiger partial charge >= 0.3 is 0 Å². The lowest BCUT2D eigenvalue weighted by Crippen LogP contribution is -1.83. The van der Waals surface area contributed by atoms with Gasteiger partial charge in [0.05, 0.1) is 23.9 Å². The maximum atomic E-state index is 5.24. The Balaban J connectivity index is 0.00000161. The van der Waals surface area contributed by atoms with Crippen molar-refractivity contribution in [2.24, 2.45) is 0 Å². The molecule has 0 aliphatic heterocycles. The highest BCUT2D eigenvalue weighted by molar-refractivity contribution is 14.0. The van der Waals surface area contributed by atoms with Crippen LogP contribution >= 0.6 is 24.0 Å². The first-order chi connectivity index (χ1) is 9.90. The standard InChI is InChI=1S/C17H13NO2.HI/c1-4-14(8-10-16-6-2-12-19-16)18-15(5-1)9-11-17-7-3-13-20-17;/h1-13H;1H/b10-8+,11-9+;. The second-order valence-electron chi connectivity index (χ2n) is 4.18. The summed E-state index contributed by atoms with van der Waals surface area (Å²) in [5, 5.41) is 0. The molecular formula is C17H14INO2. The summed E-state index contributed by atoms with van der Waals surface area (Å²) in [6, 6.07) is 13.4. The average molecular weight is 391 g/mol. The third-order valence-corrected chi connectivity index (χ3v) is 2.72. The summed E-state index contributed by atoms with van der Waals surface area (Å²) in [6.07, 6.45) is 10.9. The van der Waals surface area contributed by atoms with Crippen molar-refractivity contribution in [1.82, 2.24) is 4.98 Å². The Hall–Kier alpha value is -2.08. The van der Waals surface area contributed by atoms with Crippen LogP contribution in [0.15, 0.2) is 63.8 Å². The monoisotopic (exact) mass is 391 g/mol. The molecule has 0 N–H and O–H groups in total. The summed E-state index contributed by atoms with van der Waals surface area (Å²) in [5.41, 5.74) is 1.76. The summed E-state index contributed by atoms with van der Waals surface area (Å²) < 4.78 is 10.5. The van der Waals surface area contributed by atoms with E-state index in [9.17, 15) is 0 Å². The predicted octanol–water partition coefficient (Wildman–Crippen LogP) is 5.23. The summed E-state index contributed by atoms with van der Waals surface area (Å²) in [4.78, 5) is 4.51. The van der Waals surface area contributed by atoms with Crippen molar-refractivity contribution in [3.8, 4) is 0 Å². The molecule has 0 aliphatic carbocycles. The van der Waals surface area contributed by atoms with Gasteiger partial charge in [0.15, 0.2) is 0 Å². The summed E-state index contributed by atoms with van der Waals surface area (Å²) >= 11 is 0. The number of nitrogens with zero attached hydrogens (tertiary/aromatic N) is 1. The Kier molecular flexibility index (Phi) is 5.57. The fraction of sp³-hybridized carbons (Fsp3) is 0. The lowest BCUT2D eigenvalue weighted by molar-refractivity contribution is 0.557. The van der Waals surface area contributed by atoms with Gasteiger partial charge in [0.2, 0.25) is 0 Å². The van der Waals surface area contributed by atoms with Gasteiger partial charge in [-0.05, 0) is 60.7 Å². The van der Waals surface area contributed by atoms with Crippen LogP contribution in [0.1, 0.15) is 22.9 Å². The van der Waals surface area contributed by atoms with Crippen molar-refractivity contribution < 1.29 is 8.83 Å². The van der Waals surface area contributed by atoms with E-state index < -0.39 is 0 Å². The molecule has 3 aromatic heterocycles. The molecule has 0 bridgehead atoms. The third kappa shape index (κ3) is 4.46. The molecule has 21 heavy (non-hydrogen) atoms. The van der Waals surface area contributed by atoms with Crippen LogP contribution in [0.3, 0.4) is 0 Å². The van der Waals surface area contributed by atoms with E-state index in [4.69, 9.17) is 8.83 Å². The molecule has 0 aliphatic rings. The summed E-state index contributed by atoms with van der Waals surface area (Å²) in [6.45, 7) is 0. The van der Waals surface area contributed by atoms with E-state index in [1.54, 1.807) is 12.5 Å². The van der Waals surface area contributed by atoms with Gasteiger partial charge in [0.1, 0.15) is 11.5 Å². The van der Waals surface area contributed by atoms with Crippen molar-refractivity contribution in [2.45, 2.75) is 0 Å². The smallest absolute Gasteiger partial charge is 0.126 e. The van der Waals surface area contributed by atoms with Gasteiger partial charge in [0, 0.05) is 0 Å². The predicted molar refractivity (Wildman–Crippen MR) is 94.9 cm³/mol. The van der Waals surface area contributed by atoms with E-state index >= 15 is 0 Å². The van der Waals surface area contributed by atoms with Gasteiger partial charge < -0.3 is 8.83 Å². The molecule has 0 unspecified atom stereocenters. The minimum atomic E-state index is 0. The fourth-order valence-corrected chi connectivity index (χ4v) is 1.76. The zero-order valence-corrected chi connectivity index (χ0v) is 13.5. The Labute approximate surface area is 140 Å². The molecule has 0 radical (unpaired) electrons. The van der Waals surface area contributed by atoms with Gasteiger partial charge in [-0.15, -0.1) is 24.0 Å². The van der Waals surface area contributed by atoms with Crippen LogP contribution in [0.25, 0.3) is 24.3 Å². The maximum Gasteiger partial charge on any atom is 0.126 e. The van der Waals surface area contributed by atoms with Crippen molar-refractivity contribution >= 4 is 48.3 Å².